The van der Waals surface area contributed by atoms with Crippen LogP contribution in [0.3, 0.4) is 0 Å². The number of amides is 3. The molecule has 3 amide bonds. The van der Waals surface area contributed by atoms with E-state index < -0.39 is 17.1 Å². The van der Waals surface area contributed by atoms with Gasteiger partial charge in [0.25, 0.3) is 11.1 Å². The van der Waals surface area contributed by atoms with Crippen molar-refractivity contribution in [3.8, 4) is 11.5 Å². The molecule has 7 nitrogen and oxygen atoms in total. The fraction of sp³-hybridized carbons (Fsp3) is 0.207. The summed E-state index contributed by atoms with van der Waals surface area (Å²) >= 11 is 6.72. The number of carbonyl (C=O) groups excluding carboxylic acids is 3. The van der Waals surface area contributed by atoms with E-state index >= 15 is 0 Å². The van der Waals surface area contributed by atoms with Crippen LogP contribution in [-0.4, -0.2) is 35.6 Å². The molecule has 1 aliphatic heterocycles. The molecule has 0 radical (unpaired) electrons. The molecule has 1 fully saturated rings. The van der Waals surface area contributed by atoms with E-state index in [-0.39, 0.29) is 11.4 Å². The smallest absolute Gasteiger partial charge is 0.294 e. The maximum absolute atomic E-state index is 12.9. The Kier molecular flexibility index (Phi) is 8.76. The van der Waals surface area contributed by atoms with Gasteiger partial charge in [-0.3, -0.25) is 19.3 Å². The van der Waals surface area contributed by atoms with Crippen molar-refractivity contribution in [2.24, 2.45) is 0 Å². The normalized spacial score (nSPS) is 14.3. The van der Waals surface area contributed by atoms with Gasteiger partial charge in [0, 0.05) is 10.7 Å². The Balaban J connectivity index is 1.40. The van der Waals surface area contributed by atoms with Crippen molar-refractivity contribution in [2.75, 3.05) is 19.0 Å². The van der Waals surface area contributed by atoms with Gasteiger partial charge in [0.05, 0.1) is 12.0 Å². The lowest BCUT2D eigenvalue weighted by Gasteiger charge is -2.13. The van der Waals surface area contributed by atoms with Crippen LogP contribution in [0.2, 0.25) is 5.02 Å². The van der Waals surface area contributed by atoms with Crippen LogP contribution in [0.25, 0.3) is 6.08 Å². The maximum Gasteiger partial charge on any atom is 0.294 e. The molecule has 0 spiro atoms. The predicted octanol–water partition coefficient (Wildman–Crippen LogP) is 6.73. The van der Waals surface area contributed by atoms with Crippen LogP contribution < -0.4 is 14.8 Å². The Labute approximate surface area is 230 Å². The molecule has 1 aliphatic rings. The fourth-order valence-corrected chi connectivity index (χ4v) is 4.68. The number of nitrogens with zero attached hydrogens (tertiary/aromatic N) is 1. The summed E-state index contributed by atoms with van der Waals surface area (Å²) in [5, 5.41) is 2.89. The third kappa shape index (κ3) is 6.76. The summed E-state index contributed by atoms with van der Waals surface area (Å²) in [4.78, 5) is 39.1. The Morgan fingerprint density at radius 2 is 1.74 bits per heavy atom. The first kappa shape index (κ1) is 27.3. The second-order valence-electron chi connectivity index (χ2n) is 8.92. The largest absolute Gasteiger partial charge is 0.493 e. The third-order valence-electron chi connectivity index (χ3n) is 5.83. The van der Waals surface area contributed by atoms with Gasteiger partial charge in [0.15, 0.2) is 11.5 Å². The molecule has 196 valence electrons. The van der Waals surface area contributed by atoms with Crippen LogP contribution in [0.5, 0.6) is 11.5 Å². The van der Waals surface area contributed by atoms with Crippen LogP contribution in [0.1, 0.15) is 36.5 Å². The first-order chi connectivity index (χ1) is 18.2. The van der Waals surface area contributed by atoms with Crippen molar-refractivity contribution in [3.05, 3.63) is 93.3 Å². The molecule has 0 atom stereocenters. The van der Waals surface area contributed by atoms with E-state index in [0.29, 0.717) is 40.3 Å². The zero-order valence-corrected chi connectivity index (χ0v) is 22.8. The number of nitrogens with one attached hydrogen (secondary N) is 1. The molecule has 0 unspecified atom stereocenters. The second-order valence-corrected chi connectivity index (χ2v) is 10.3. The van der Waals surface area contributed by atoms with E-state index in [4.69, 9.17) is 21.1 Å². The van der Waals surface area contributed by atoms with Gasteiger partial charge in [0.1, 0.15) is 13.2 Å². The predicted molar refractivity (Wildman–Crippen MR) is 151 cm³/mol. The molecule has 0 aliphatic carbocycles. The van der Waals surface area contributed by atoms with Crippen molar-refractivity contribution < 1.29 is 23.9 Å². The zero-order chi connectivity index (χ0) is 27.2. The van der Waals surface area contributed by atoms with Crippen LogP contribution in [0.15, 0.2) is 71.6 Å². The van der Waals surface area contributed by atoms with E-state index in [9.17, 15) is 14.4 Å². The minimum Gasteiger partial charge on any atom is -0.493 e. The average Bonchev–Trinajstić information content (AvgIpc) is 3.16. The van der Waals surface area contributed by atoms with Gasteiger partial charge in [-0.25, -0.2) is 0 Å². The quantitative estimate of drug-likeness (QED) is 0.297. The number of thioether (sulfide) groups is 1. The maximum atomic E-state index is 12.9. The lowest BCUT2D eigenvalue weighted by Crippen LogP contribution is -2.36. The van der Waals surface area contributed by atoms with Gasteiger partial charge in [-0.2, -0.15) is 0 Å². The van der Waals surface area contributed by atoms with Crippen molar-refractivity contribution in [1.82, 2.24) is 4.90 Å². The molecule has 9 heteroatoms. The number of rotatable bonds is 9. The second kappa shape index (κ2) is 12.2. The van der Waals surface area contributed by atoms with Crippen molar-refractivity contribution >= 4 is 52.2 Å². The Hall–Kier alpha value is -3.75. The molecule has 38 heavy (non-hydrogen) atoms. The first-order valence-electron chi connectivity index (χ1n) is 11.9. The van der Waals surface area contributed by atoms with Gasteiger partial charge < -0.3 is 14.8 Å². The van der Waals surface area contributed by atoms with Gasteiger partial charge in [-0.15, -0.1) is 0 Å². The Bertz CT molecular complexity index is 1370. The van der Waals surface area contributed by atoms with Gasteiger partial charge in [-0.1, -0.05) is 55.8 Å². The summed E-state index contributed by atoms with van der Waals surface area (Å²) in [6, 6.07) is 20.0. The average molecular weight is 551 g/mol. The number of ether oxygens (including phenoxy) is 2. The molecular weight excluding hydrogens is 524 g/mol. The first-order valence-corrected chi connectivity index (χ1v) is 13.1. The Morgan fingerprint density at radius 3 is 2.39 bits per heavy atom. The van der Waals surface area contributed by atoms with Crippen molar-refractivity contribution in [2.45, 2.75) is 26.4 Å². The van der Waals surface area contributed by atoms with Crippen LogP contribution in [-0.2, 0) is 16.2 Å². The van der Waals surface area contributed by atoms with E-state index in [1.807, 2.05) is 24.3 Å². The summed E-state index contributed by atoms with van der Waals surface area (Å²) in [7, 11) is 1.52. The molecule has 0 bridgehead atoms. The highest BCUT2D eigenvalue weighted by Gasteiger charge is 2.36. The van der Waals surface area contributed by atoms with E-state index in [1.54, 1.807) is 48.5 Å². The summed E-state index contributed by atoms with van der Waals surface area (Å²) in [5.41, 5.74) is 3.36. The monoisotopic (exact) mass is 550 g/mol. The number of methoxy groups -OCH3 is 1. The molecule has 3 aromatic rings. The standard InChI is InChI=1S/C29H27ClN2O5S/c1-18(2)21-7-11-23(12-8-21)31-27(33)16-32-28(34)26(38-29(32)35)15-20-6-13-24(25(14-20)36-3)37-17-19-4-9-22(30)10-5-19/h4-15,18H,16-17H2,1-3H3,(H,31,33)/b26-15+. The van der Waals surface area contributed by atoms with Crippen molar-refractivity contribution in [3.63, 3.8) is 0 Å². The summed E-state index contributed by atoms with van der Waals surface area (Å²) in [5.74, 6) is 0.419. The highest BCUT2D eigenvalue weighted by molar-refractivity contribution is 8.18. The molecule has 1 heterocycles. The van der Waals surface area contributed by atoms with Gasteiger partial charge in [0.2, 0.25) is 5.91 Å². The number of hydrogen-bond donors (Lipinski definition) is 1. The number of carbonyl (C=O) groups is 3. The number of imide groups is 1. The van der Waals surface area contributed by atoms with Crippen molar-refractivity contribution in [1.29, 1.82) is 0 Å². The van der Waals surface area contributed by atoms with E-state index in [2.05, 4.69) is 19.2 Å². The summed E-state index contributed by atoms with van der Waals surface area (Å²) < 4.78 is 11.3. The molecule has 0 aromatic heterocycles. The highest BCUT2D eigenvalue weighted by Crippen LogP contribution is 2.35. The minimum absolute atomic E-state index is 0.223. The summed E-state index contributed by atoms with van der Waals surface area (Å²) in [6.45, 7) is 4.13. The fourth-order valence-electron chi connectivity index (χ4n) is 3.72. The lowest BCUT2D eigenvalue weighted by molar-refractivity contribution is -0.127. The number of hydrogen-bond acceptors (Lipinski definition) is 6. The number of anilines is 1. The SMILES string of the molecule is COc1cc(/C=C2/SC(=O)N(CC(=O)Nc3ccc(C(C)C)cc3)C2=O)ccc1OCc1ccc(Cl)cc1. The number of halogens is 1. The topological polar surface area (TPSA) is 84.9 Å². The molecule has 1 N–H and O–H groups in total. The Morgan fingerprint density at radius 1 is 1.03 bits per heavy atom. The molecule has 3 aromatic carbocycles. The third-order valence-corrected chi connectivity index (χ3v) is 6.99. The van der Waals surface area contributed by atoms with Crippen LogP contribution in [0, 0.1) is 0 Å². The van der Waals surface area contributed by atoms with Crippen LogP contribution in [0.4, 0.5) is 10.5 Å². The van der Waals surface area contributed by atoms with Crippen LogP contribution >= 0.6 is 23.4 Å². The lowest BCUT2D eigenvalue weighted by atomic mass is 10.0. The highest BCUT2D eigenvalue weighted by atomic mass is 35.5. The number of benzene rings is 3. The molecule has 4 rings (SSSR count). The molecular formula is C29H27ClN2O5S. The van der Waals surface area contributed by atoms with E-state index in [1.165, 1.54) is 7.11 Å². The van der Waals surface area contributed by atoms with E-state index in [0.717, 1.165) is 27.8 Å². The zero-order valence-electron chi connectivity index (χ0n) is 21.2. The molecule has 1 saturated heterocycles. The minimum atomic E-state index is -0.521. The summed E-state index contributed by atoms with van der Waals surface area (Å²) in [6.07, 6.45) is 1.60. The molecule has 0 saturated carbocycles. The van der Waals surface area contributed by atoms with Gasteiger partial charge in [-0.05, 0) is 76.8 Å². The van der Waals surface area contributed by atoms with Gasteiger partial charge >= 0.3 is 0 Å².